The van der Waals surface area contributed by atoms with E-state index in [1.54, 1.807) is 6.07 Å². The minimum atomic E-state index is -0.432. The number of rotatable bonds is 3. The largest absolute Gasteiger partial charge is 0.379 e. The van der Waals surface area contributed by atoms with Gasteiger partial charge in [0, 0.05) is 5.69 Å². The standard InChI is InChI=1S/C12H9BrClFN2/c13-12-3-1-2-9(17-12)7-16-8-4-5-10(14)11(15)6-8/h1-6,16H,7H2. The lowest BCUT2D eigenvalue weighted by Crippen LogP contribution is -2.01. The van der Waals surface area contributed by atoms with E-state index in [1.165, 1.54) is 12.1 Å². The number of anilines is 1. The van der Waals surface area contributed by atoms with Crippen LogP contribution < -0.4 is 5.32 Å². The summed E-state index contributed by atoms with van der Waals surface area (Å²) in [6.45, 7) is 0.528. The van der Waals surface area contributed by atoms with Crippen molar-refractivity contribution in [2.24, 2.45) is 0 Å². The molecule has 5 heteroatoms. The van der Waals surface area contributed by atoms with Gasteiger partial charge in [0.15, 0.2) is 0 Å². The Hall–Kier alpha value is -1.13. The Morgan fingerprint density at radius 2 is 2.12 bits per heavy atom. The van der Waals surface area contributed by atoms with E-state index in [1.807, 2.05) is 18.2 Å². The van der Waals surface area contributed by atoms with E-state index in [0.29, 0.717) is 12.2 Å². The van der Waals surface area contributed by atoms with Crippen molar-refractivity contribution in [3.8, 4) is 0 Å². The molecule has 1 heterocycles. The molecule has 0 aliphatic heterocycles. The second-order valence-corrected chi connectivity index (χ2v) is 4.65. The molecular formula is C12H9BrClFN2. The highest BCUT2D eigenvalue weighted by molar-refractivity contribution is 9.10. The summed E-state index contributed by atoms with van der Waals surface area (Å²) in [5, 5.41) is 3.20. The lowest BCUT2D eigenvalue weighted by Gasteiger charge is -2.06. The maximum absolute atomic E-state index is 13.2. The van der Waals surface area contributed by atoms with Crippen LogP contribution in [0, 0.1) is 5.82 Å². The molecule has 0 aliphatic rings. The van der Waals surface area contributed by atoms with Crippen LogP contribution >= 0.6 is 27.5 Å². The van der Waals surface area contributed by atoms with Gasteiger partial charge in [-0.15, -0.1) is 0 Å². The van der Waals surface area contributed by atoms with Crippen molar-refractivity contribution in [1.82, 2.24) is 4.98 Å². The first-order valence-electron chi connectivity index (χ1n) is 4.95. The van der Waals surface area contributed by atoms with Gasteiger partial charge in [-0.25, -0.2) is 9.37 Å². The van der Waals surface area contributed by atoms with Crippen LogP contribution in [0.5, 0.6) is 0 Å². The molecular weight excluding hydrogens is 307 g/mol. The molecule has 0 atom stereocenters. The lowest BCUT2D eigenvalue weighted by molar-refractivity contribution is 0.628. The minimum absolute atomic E-state index is 0.121. The minimum Gasteiger partial charge on any atom is -0.379 e. The third-order valence-electron chi connectivity index (χ3n) is 2.17. The molecule has 88 valence electrons. The molecule has 0 amide bonds. The first-order chi connectivity index (χ1) is 8.15. The van der Waals surface area contributed by atoms with Gasteiger partial charge in [-0.2, -0.15) is 0 Å². The first kappa shape index (κ1) is 12.3. The van der Waals surface area contributed by atoms with Gasteiger partial charge in [0.05, 0.1) is 17.3 Å². The van der Waals surface area contributed by atoms with Crippen LogP contribution in [-0.4, -0.2) is 4.98 Å². The zero-order valence-electron chi connectivity index (χ0n) is 8.75. The summed E-state index contributed by atoms with van der Waals surface area (Å²) in [4.78, 5) is 4.26. The second-order valence-electron chi connectivity index (χ2n) is 3.43. The molecule has 0 radical (unpaired) electrons. The number of hydrogen-bond acceptors (Lipinski definition) is 2. The van der Waals surface area contributed by atoms with E-state index in [4.69, 9.17) is 11.6 Å². The van der Waals surface area contributed by atoms with Gasteiger partial charge in [0.25, 0.3) is 0 Å². The number of nitrogens with one attached hydrogen (secondary N) is 1. The van der Waals surface area contributed by atoms with Crippen molar-refractivity contribution in [3.05, 3.63) is 57.5 Å². The summed E-state index contributed by atoms with van der Waals surface area (Å²) in [5.74, 6) is -0.432. The predicted octanol–water partition coefficient (Wildman–Crippen LogP) is 4.25. The van der Waals surface area contributed by atoms with Gasteiger partial charge in [-0.1, -0.05) is 17.7 Å². The number of nitrogens with zero attached hydrogens (tertiary/aromatic N) is 1. The Bertz CT molecular complexity index is 534. The van der Waals surface area contributed by atoms with Crippen LogP contribution in [0.25, 0.3) is 0 Å². The van der Waals surface area contributed by atoms with Crippen LogP contribution in [0.15, 0.2) is 41.0 Å². The summed E-state index contributed by atoms with van der Waals surface area (Å²) in [6.07, 6.45) is 0. The van der Waals surface area contributed by atoms with E-state index in [9.17, 15) is 4.39 Å². The van der Waals surface area contributed by atoms with Crippen molar-refractivity contribution in [3.63, 3.8) is 0 Å². The maximum atomic E-state index is 13.2. The number of aromatic nitrogens is 1. The van der Waals surface area contributed by atoms with Gasteiger partial charge in [-0.05, 0) is 46.3 Å². The summed E-state index contributed by atoms with van der Waals surface area (Å²) in [6, 6.07) is 10.3. The normalized spacial score (nSPS) is 10.3. The highest BCUT2D eigenvalue weighted by atomic mass is 79.9. The van der Waals surface area contributed by atoms with Gasteiger partial charge in [-0.3, -0.25) is 0 Å². The molecule has 0 unspecified atom stereocenters. The van der Waals surface area contributed by atoms with Gasteiger partial charge < -0.3 is 5.32 Å². The summed E-state index contributed by atoms with van der Waals surface area (Å²) < 4.78 is 14.0. The van der Waals surface area contributed by atoms with E-state index < -0.39 is 5.82 Å². The molecule has 2 nitrogen and oxygen atoms in total. The average Bonchev–Trinajstić information content (AvgIpc) is 2.31. The Morgan fingerprint density at radius 3 is 2.82 bits per heavy atom. The number of pyridine rings is 1. The maximum Gasteiger partial charge on any atom is 0.143 e. The number of hydrogen-bond donors (Lipinski definition) is 1. The Balaban J connectivity index is 2.05. The molecule has 0 saturated carbocycles. The topological polar surface area (TPSA) is 24.9 Å². The smallest absolute Gasteiger partial charge is 0.143 e. The van der Waals surface area contributed by atoms with Crippen LogP contribution in [0.3, 0.4) is 0 Å². The van der Waals surface area contributed by atoms with Crippen LogP contribution in [0.2, 0.25) is 5.02 Å². The third-order valence-corrected chi connectivity index (χ3v) is 2.91. The summed E-state index contributed by atoms with van der Waals surface area (Å²) >= 11 is 8.89. The Kier molecular flexibility index (Phi) is 3.97. The fourth-order valence-corrected chi connectivity index (χ4v) is 1.85. The van der Waals surface area contributed by atoms with Gasteiger partial charge in [0.1, 0.15) is 10.4 Å². The number of halogens is 3. The van der Waals surface area contributed by atoms with Gasteiger partial charge in [0.2, 0.25) is 0 Å². The number of benzene rings is 1. The molecule has 17 heavy (non-hydrogen) atoms. The van der Waals surface area contributed by atoms with Crippen molar-refractivity contribution >= 4 is 33.2 Å². The molecule has 0 aliphatic carbocycles. The summed E-state index contributed by atoms with van der Waals surface area (Å²) in [7, 11) is 0. The lowest BCUT2D eigenvalue weighted by atomic mass is 10.3. The van der Waals surface area contributed by atoms with E-state index in [-0.39, 0.29) is 5.02 Å². The molecule has 1 aromatic carbocycles. The zero-order valence-corrected chi connectivity index (χ0v) is 11.1. The zero-order chi connectivity index (χ0) is 12.3. The SMILES string of the molecule is Fc1cc(NCc2cccc(Br)n2)ccc1Cl. The van der Waals surface area contributed by atoms with Crippen molar-refractivity contribution in [2.75, 3.05) is 5.32 Å². The first-order valence-corrected chi connectivity index (χ1v) is 6.12. The highest BCUT2D eigenvalue weighted by Gasteiger charge is 2.01. The third kappa shape index (κ3) is 3.41. The van der Waals surface area contributed by atoms with E-state index in [2.05, 4.69) is 26.2 Å². The molecule has 1 N–H and O–H groups in total. The van der Waals surface area contributed by atoms with Crippen LogP contribution in [-0.2, 0) is 6.54 Å². The van der Waals surface area contributed by atoms with E-state index >= 15 is 0 Å². The highest BCUT2D eigenvalue weighted by Crippen LogP contribution is 2.19. The van der Waals surface area contributed by atoms with Crippen LogP contribution in [0.1, 0.15) is 5.69 Å². The second kappa shape index (κ2) is 5.47. The fourth-order valence-electron chi connectivity index (χ4n) is 1.35. The molecule has 0 spiro atoms. The monoisotopic (exact) mass is 314 g/mol. The molecule has 1 aromatic heterocycles. The van der Waals surface area contributed by atoms with E-state index in [0.717, 1.165) is 10.3 Å². The quantitative estimate of drug-likeness (QED) is 0.857. The van der Waals surface area contributed by atoms with Crippen molar-refractivity contribution in [1.29, 1.82) is 0 Å². The average molecular weight is 316 g/mol. The molecule has 0 saturated heterocycles. The molecule has 0 fully saturated rings. The van der Waals surface area contributed by atoms with Gasteiger partial charge >= 0.3 is 0 Å². The summed E-state index contributed by atoms with van der Waals surface area (Å²) in [5.41, 5.74) is 1.54. The molecule has 2 rings (SSSR count). The van der Waals surface area contributed by atoms with Crippen molar-refractivity contribution in [2.45, 2.75) is 6.54 Å². The Morgan fingerprint density at radius 1 is 1.29 bits per heavy atom. The fraction of sp³-hybridized carbons (Fsp3) is 0.0833. The molecule has 0 bridgehead atoms. The van der Waals surface area contributed by atoms with Crippen molar-refractivity contribution < 1.29 is 4.39 Å². The predicted molar refractivity (Wildman–Crippen MR) is 70.7 cm³/mol. The Labute approximate surface area is 112 Å². The van der Waals surface area contributed by atoms with Crippen LogP contribution in [0.4, 0.5) is 10.1 Å². The molecule has 2 aromatic rings.